The number of nitrogens with zero attached hydrogens (tertiary/aromatic N) is 2. The number of hydrogen-bond donors (Lipinski definition) is 0. The normalized spacial score (nSPS) is 22.6. The lowest BCUT2D eigenvalue weighted by Gasteiger charge is -2.22. The fraction of sp³-hybridized carbons (Fsp3) is 0.381. The van der Waals surface area contributed by atoms with Gasteiger partial charge >= 0.3 is 0 Å². The second-order valence-electron chi connectivity index (χ2n) is 7.41. The number of rotatable bonds is 4. The zero-order valence-corrected chi connectivity index (χ0v) is 16.1. The van der Waals surface area contributed by atoms with E-state index >= 15 is 0 Å². The molecule has 0 aromatic heterocycles. The van der Waals surface area contributed by atoms with Gasteiger partial charge in [0.1, 0.15) is 0 Å². The van der Waals surface area contributed by atoms with Gasteiger partial charge in [-0.15, -0.1) is 0 Å². The third kappa shape index (κ3) is 3.90. The standard InChI is InChI=1S/C21H22Cl2N2O/c22-19-7-5-15(6-8-19)9-21(26)25-13-17-11-24(12-18(17)14-25)10-16-3-1-2-4-20(16)23/h1-8,17-18H,9-14H2. The third-order valence-electron chi connectivity index (χ3n) is 5.53. The van der Waals surface area contributed by atoms with Crippen LogP contribution in [0.2, 0.25) is 10.0 Å². The smallest absolute Gasteiger partial charge is 0.227 e. The van der Waals surface area contributed by atoms with Gasteiger partial charge in [-0.2, -0.15) is 0 Å². The fourth-order valence-electron chi connectivity index (χ4n) is 4.18. The quantitative estimate of drug-likeness (QED) is 0.785. The van der Waals surface area contributed by atoms with Crippen LogP contribution in [0.1, 0.15) is 11.1 Å². The average Bonchev–Trinajstić information content (AvgIpc) is 3.17. The number of amides is 1. The minimum Gasteiger partial charge on any atom is -0.342 e. The Kier molecular flexibility index (Phi) is 5.21. The largest absolute Gasteiger partial charge is 0.342 e. The highest BCUT2D eigenvalue weighted by molar-refractivity contribution is 6.31. The van der Waals surface area contributed by atoms with E-state index in [1.54, 1.807) is 0 Å². The van der Waals surface area contributed by atoms with Crippen molar-refractivity contribution in [3.63, 3.8) is 0 Å². The summed E-state index contributed by atoms with van der Waals surface area (Å²) in [6, 6.07) is 15.6. The van der Waals surface area contributed by atoms with Crippen molar-refractivity contribution in [3.05, 3.63) is 69.7 Å². The van der Waals surface area contributed by atoms with Gasteiger partial charge in [-0.25, -0.2) is 0 Å². The molecule has 5 heteroatoms. The second kappa shape index (κ2) is 7.59. The van der Waals surface area contributed by atoms with Gasteiger partial charge < -0.3 is 4.90 Å². The summed E-state index contributed by atoms with van der Waals surface area (Å²) in [5.74, 6) is 1.37. The number of carbonyl (C=O) groups is 1. The lowest BCUT2D eigenvalue weighted by atomic mass is 10.0. The van der Waals surface area contributed by atoms with E-state index in [0.29, 0.717) is 23.3 Å². The lowest BCUT2D eigenvalue weighted by molar-refractivity contribution is -0.129. The molecule has 2 atom stereocenters. The molecule has 2 aliphatic heterocycles. The first-order valence-electron chi connectivity index (χ1n) is 9.06. The molecule has 4 rings (SSSR count). The number of halogens is 2. The molecule has 2 saturated heterocycles. The molecule has 0 spiro atoms. The molecule has 0 saturated carbocycles. The molecule has 0 radical (unpaired) electrons. The highest BCUT2D eigenvalue weighted by atomic mass is 35.5. The molecule has 2 aliphatic rings. The Morgan fingerprint density at radius 3 is 2.23 bits per heavy atom. The topological polar surface area (TPSA) is 23.6 Å². The molecule has 2 aromatic carbocycles. The van der Waals surface area contributed by atoms with Crippen LogP contribution in [-0.4, -0.2) is 41.9 Å². The Morgan fingerprint density at radius 2 is 1.58 bits per heavy atom. The predicted molar refractivity (Wildman–Crippen MR) is 105 cm³/mol. The van der Waals surface area contributed by atoms with Gasteiger partial charge in [0, 0.05) is 42.8 Å². The molecule has 2 aromatic rings. The molecule has 0 aliphatic carbocycles. The summed E-state index contributed by atoms with van der Waals surface area (Å²) in [6.45, 7) is 4.72. The highest BCUT2D eigenvalue weighted by Gasteiger charge is 2.41. The Balaban J connectivity index is 1.31. The molecular weight excluding hydrogens is 367 g/mol. The van der Waals surface area contributed by atoms with Crippen molar-refractivity contribution >= 4 is 29.1 Å². The van der Waals surface area contributed by atoms with Crippen molar-refractivity contribution in [2.75, 3.05) is 26.2 Å². The summed E-state index contributed by atoms with van der Waals surface area (Å²) < 4.78 is 0. The zero-order valence-electron chi connectivity index (χ0n) is 14.6. The molecule has 0 bridgehead atoms. The number of likely N-dealkylation sites (tertiary alicyclic amines) is 2. The molecular formula is C21H22Cl2N2O. The van der Waals surface area contributed by atoms with Gasteiger partial charge in [-0.05, 0) is 41.2 Å². The van der Waals surface area contributed by atoms with E-state index in [0.717, 1.165) is 43.3 Å². The van der Waals surface area contributed by atoms with E-state index in [1.807, 2.05) is 47.4 Å². The maximum absolute atomic E-state index is 12.6. The Labute approximate surface area is 164 Å². The predicted octanol–water partition coefficient (Wildman–Crippen LogP) is 4.13. The van der Waals surface area contributed by atoms with Gasteiger partial charge in [0.25, 0.3) is 0 Å². The van der Waals surface area contributed by atoms with Crippen molar-refractivity contribution in [3.8, 4) is 0 Å². The summed E-state index contributed by atoms with van der Waals surface area (Å²) in [4.78, 5) is 17.1. The van der Waals surface area contributed by atoms with Crippen molar-refractivity contribution in [2.24, 2.45) is 11.8 Å². The molecule has 2 unspecified atom stereocenters. The number of fused-ring (bicyclic) bond motifs is 1. The van der Waals surface area contributed by atoms with Crippen LogP contribution >= 0.6 is 23.2 Å². The first-order valence-corrected chi connectivity index (χ1v) is 9.82. The minimum atomic E-state index is 0.222. The van der Waals surface area contributed by atoms with E-state index in [-0.39, 0.29) is 5.91 Å². The second-order valence-corrected chi connectivity index (χ2v) is 8.25. The van der Waals surface area contributed by atoms with Crippen LogP contribution in [0.15, 0.2) is 48.5 Å². The first-order chi connectivity index (χ1) is 12.6. The van der Waals surface area contributed by atoms with Gasteiger partial charge in [-0.3, -0.25) is 9.69 Å². The number of benzene rings is 2. The van der Waals surface area contributed by atoms with Crippen LogP contribution in [0.4, 0.5) is 0 Å². The van der Waals surface area contributed by atoms with E-state index < -0.39 is 0 Å². The highest BCUT2D eigenvalue weighted by Crippen LogP contribution is 2.33. The Bertz CT molecular complexity index is 779. The summed E-state index contributed by atoms with van der Waals surface area (Å²) in [6.07, 6.45) is 0.458. The van der Waals surface area contributed by atoms with Crippen molar-refractivity contribution in [2.45, 2.75) is 13.0 Å². The molecule has 2 heterocycles. The van der Waals surface area contributed by atoms with Crippen LogP contribution in [0.3, 0.4) is 0 Å². The maximum Gasteiger partial charge on any atom is 0.227 e. The number of hydrogen-bond acceptors (Lipinski definition) is 2. The van der Waals surface area contributed by atoms with Crippen molar-refractivity contribution in [1.29, 1.82) is 0 Å². The summed E-state index contributed by atoms with van der Waals surface area (Å²) in [7, 11) is 0. The van der Waals surface area contributed by atoms with Crippen molar-refractivity contribution in [1.82, 2.24) is 9.80 Å². The van der Waals surface area contributed by atoms with Crippen LogP contribution in [-0.2, 0) is 17.8 Å². The van der Waals surface area contributed by atoms with E-state index in [2.05, 4.69) is 11.0 Å². The number of carbonyl (C=O) groups excluding carboxylic acids is 1. The van der Waals surface area contributed by atoms with Gasteiger partial charge in [0.15, 0.2) is 0 Å². The van der Waals surface area contributed by atoms with Crippen LogP contribution < -0.4 is 0 Å². The van der Waals surface area contributed by atoms with Crippen molar-refractivity contribution < 1.29 is 4.79 Å². The van der Waals surface area contributed by atoms with E-state index in [4.69, 9.17) is 23.2 Å². The van der Waals surface area contributed by atoms with Crippen LogP contribution in [0.5, 0.6) is 0 Å². The molecule has 3 nitrogen and oxygen atoms in total. The van der Waals surface area contributed by atoms with E-state index in [1.165, 1.54) is 5.56 Å². The SMILES string of the molecule is O=C(Cc1ccc(Cl)cc1)N1CC2CN(Cc3ccccc3Cl)CC2C1. The van der Waals surface area contributed by atoms with Crippen LogP contribution in [0, 0.1) is 11.8 Å². The van der Waals surface area contributed by atoms with Gasteiger partial charge in [0.2, 0.25) is 5.91 Å². The van der Waals surface area contributed by atoms with Gasteiger partial charge in [-0.1, -0.05) is 53.5 Å². The Hall–Kier alpha value is -1.55. The van der Waals surface area contributed by atoms with Gasteiger partial charge in [0.05, 0.1) is 6.42 Å². The molecule has 2 fully saturated rings. The summed E-state index contributed by atoms with van der Waals surface area (Å²) in [5, 5.41) is 1.54. The first kappa shape index (κ1) is 17.8. The monoisotopic (exact) mass is 388 g/mol. The molecule has 136 valence electrons. The lowest BCUT2D eigenvalue weighted by Crippen LogP contribution is -2.34. The summed E-state index contributed by atoms with van der Waals surface area (Å²) in [5.41, 5.74) is 2.21. The average molecular weight is 389 g/mol. The molecule has 26 heavy (non-hydrogen) atoms. The third-order valence-corrected chi connectivity index (χ3v) is 6.16. The summed E-state index contributed by atoms with van der Waals surface area (Å²) >= 11 is 12.2. The van der Waals surface area contributed by atoms with E-state index in [9.17, 15) is 4.79 Å². The Morgan fingerprint density at radius 1 is 0.923 bits per heavy atom. The zero-order chi connectivity index (χ0) is 18.1. The molecule has 1 amide bonds. The minimum absolute atomic E-state index is 0.222. The molecule has 0 N–H and O–H groups in total. The maximum atomic E-state index is 12.6. The van der Waals surface area contributed by atoms with Crippen LogP contribution in [0.25, 0.3) is 0 Å². The fourth-order valence-corrected chi connectivity index (χ4v) is 4.50.